The molecule has 20 heavy (non-hydrogen) atoms. The highest BCUT2D eigenvalue weighted by Crippen LogP contribution is 2.23. The molecule has 4 heteroatoms. The molecule has 102 valence electrons. The molecule has 3 rings (SSSR count). The van der Waals surface area contributed by atoms with E-state index in [9.17, 15) is 5.11 Å². The summed E-state index contributed by atoms with van der Waals surface area (Å²) in [7, 11) is 0. The van der Waals surface area contributed by atoms with Crippen LogP contribution in [0.1, 0.15) is 17.2 Å². The second-order valence-electron chi connectivity index (χ2n) is 4.98. The van der Waals surface area contributed by atoms with Gasteiger partial charge < -0.3 is 15.8 Å². The lowest BCUT2D eigenvalue weighted by molar-refractivity contribution is 0.187. The van der Waals surface area contributed by atoms with Gasteiger partial charge in [0.2, 0.25) is 0 Å². The molecule has 1 unspecified atom stereocenters. The molecule has 0 aliphatic carbocycles. The highest BCUT2D eigenvalue weighted by atomic mass is 16.3. The van der Waals surface area contributed by atoms with Gasteiger partial charge in [-0.2, -0.15) is 0 Å². The third kappa shape index (κ3) is 2.31. The van der Waals surface area contributed by atoms with Crippen LogP contribution in [-0.2, 0) is 0 Å². The lowest BCUT2D eigenvalue weighted by atomic mass is 10.1. The van der Waals surface area contributed by atoms with Crippen molar-refractivity contribution in [2.45, 2.75) is 13.0 Å². The molecule has 3 aromatic rings. The molecule has 0 aliphatic rings. The highest BCUT2D eigenvalue weighted by Gasteiger charge is 2.09. The van der Waals surface area contributed by atoms with Crippen molar-refractivity contribution in [3.05, 3.63) is 53.6 Å². The summed E-state index contributed by atoms with van der Waals surface area (Å²) in [5.41, 5.74) is 10.3. The van der Waals surface area contributed by atoms with Gasteiger partial charge in [-0.3, -0.25) is 0 Å². The second-order valence-corrected chi connectivity index (χ2v) is 4.98. The van der Waals surface area contributed by atoms with Crippen molar-refractivity contribution in [3.8, 4) is 11.4 Å². The van der Waals surface area contributed by atoms with E-state index in [1.165, 1.54) is 5.56 Å². The lowest BCUT2D eigenvalue weighted by Gasteiger charge is -2.06. The number of nitrogens with zero attached hydrogens (tertiary/aromatic N) is 1. The van der Waals surface area contributed by atoms with Gasteiger partial charge in [0.25, 0.3) is 0 Å². The van der Waals surface area contributed by atoms with E-state index >= 15 is 0 Å². The summed E-state index contributed by atoms with van der Waals surface area (Å²) in [5, 5.41) is 9.78. The molecule has 1 heterocycles. The number of aromatic amines is 1. The van der Waals surface area contributed by atoms with Crippen LogP contribution in [0.4, 0.5) is 0 Å². The fraction of sp³-hybridized carbons (Fsp3) is 0.188. The van der Waals surface area contributed by atoms with Crippen molar-refractivity contribution in [3.63, 3.8) is 0 Å². The zero-order valence-electron chi connectivity index (χ0n) is 11.3. The van der Waals surface area contributed by atoms with Gasteiger partial charge in [0.05, 0.1) is 17.1 Å². The van der Waals surface area contributed by atoms with Gasteiger partial charge in [-0.1, -0.05) is 35.9 Å². The molecule has 0 saturated carbocycles. The number of hydrogen-bond donors (Lipinski definition) is 3. The van der Waals surface area contributed by atoms with Crippen LogP contribution in [0.2, 0.25) is 0 Å². The predicted octanol–water partition coefficient (Wildman–Crippen LogP) is 2.53. The Morgan fingerprint density at radius 1 is 1.20 bits per heavy atom. The van der Waals surface area contributed by atoms with Crippen molar-refractivity contribution < 1.29 is 5.11 Å². The van der Waals surface area contributed by atoms with Crippen LogP contribution in [0.25, 0.3) is 22.4 Å². The van der Waals surface area contributed by atoms with E-state index in [0.29, 0.717) is 0 Å². The minimum absolute atomic E-state index is 0.213. The number of nitrogens with one attached hydrogen (secondary N) is 1. The van der Waals surface area contributed by atoms with E-state index in [2.05, 4.69) is 29.0 Å². The standard InChI is InChI=1S/C16H17N3O/c1-10-2-4-11(5-3-10)16-18-13-7-6-12(15(20)9-17)8-14(13)19-16/h2-8,15,20H,9,17H2,1H3,(H,18,19). The number of rotatable bonds is 3. The van der Waals surface area contributed by atoms with E-state index in [1.54, 1.807) is 0 Å². The van der Waals surface area contributed by atoms with Crippen molar-refractivity contribution in [1.82, 2.24) is 9.97 Å². The van der Waals surface area contributed by atoms with Gasteiger partial charge in [-0.05, 0) is 24.6 Å². The fourth-order valence-electron chi connectivity index (χ4n) is 2.22. The van der Waals surface area contributed by atoms with Gasteiger partial charge in [0.15, 0.2) is 0 Å². The molecular formula is C16H17N3O. The second kappa shape index (κ2) is 5.07. The zero-order chi connectivity index (χ0) is 14.1. The van der Waals surface area contributed by atoms with Gasteiger partial charge in [-0.15, -0.1) is 0 Å². The molecule has 0 fully saturated rings. The third-order valence-electron chi connectivity index (χ3n) is 3.44. The van der Waals surface area contributed by atoms with Crippen LogP contribution >= 0.6 is 0 Å². The number of imidazole rings is 1. The molecule has 0 radical (unpaired) electrons. The molecule has 2 aromatic carbocycles. The summed E-state index contributed by atoms with van der Waals surface area (Å²) in [6.45, 7) is 2.27. The molecular weight excluding hydrogens is 250 g/mol. The lowest BCUT2D eigenvalue weighted by Crippen LogP contribution is -2.11. The molecule has 4 N–H and O–H groups in total. The average molecular weight is 267 g/mol. The smallest absolute Gasteiger partial charge is 0.138 e. The Labute approximate surface area is 117 Å². The monoisotopic (exact) mass is 267 g/mol. The molecule has 0 spiro atoms. The average Bonchev–Trinajstić information content (AvgIpc) is 2.90. The zero-order valence-corrected chi connectivity index (χ0v) is 11.3. The minimum Gasteiger partial charge on any atom is -0.387 e. The molecule has 4 nitrogen and oxygen atoms in total. The summed E-state index contributed by atoms with van der Waals surface area (Å²) >= 11 is 0. The Balaban J connectivity index is 2.04. The first-order valence-electron chi connectivity index (χ1n) is 6.62. The fourth-order valence-corrected chi connectivity index (χ4v) is 2.22. The molecule has 0 aliphatic heterocycles. The van der Waals surface area contributed by atoms with E-state index < -0.39 is 6.10 Å². The van der Waals surface area contributed by atoms with Crippen LogP contribution in [0, 0.1) is 6.92 Å². The summed E-state index contributed by atoms with van der Waals surface area (Å²) < 4.78 is 0. The topological polar surface area (TPSA) is 74.9 Å². The van der Waals surface area contributed by atoms with Crippen LogP contribution < -0.4 is 5.73 Å². The maximum absolute atomic E-state index is 9.78. The number of aliphatic hydroxyl groups excluding tert-OH is 1. The molecule has 0 saturated heterocycles. The predicted molar refractivity (Wildman–Crippen MR) is 80.3 cm³/mol. The van der Waals surface area contributed by atoms with Gasteiger partial charge in [0.1, 0.15) is 5.82 Å². The largest absolute Gasteiger partial charge is 0.387 e. The summed E-state index contributed by atoms with van der Waals surface area (Å²) in [6.07, 6.45) is -0.634. The van der Waals surface area contributed by atoms with E-state index in [1.807, 2.05) is 30.3 Å². The number of benzene rings is 2. The Morgan fingerprint density at radius 3 is 2.65 bits per heavy atom. The Hall–Kier alpha value is -2.17. The maximum atomic E-state index is 9.78. The number of aliphatic hydroxyl groups is 1. The number of hydrogen-bond acceptors (Lipinski definition) is 3. The maximum Gasteiger partial charge on any atom is 0.138 e. The number of fused-ring (bicyclic) bond motifs is 1. The van der Waals surface area contributed by atoms with Crippen LogP contribution in [0.3, 0.4) is 0 Å². The molecule has 0 amide bonds. The van der Waals surface area contributed by atoms with Gasteiger partial charge in [0, 0.05) is 12.1 Å². The van der Waals surface area contributed by atoms with Crippen molar-refractivity contribution in [2.75, 3.05) is 6.54 Å². The molecule has 1 atom stereocenters. The number of aromatic nitrogens is 2. The van der Waals surface area contributed by atoms with Gasteiger partial charge in [-0.25, -0.2) is 4.98 Å². The van der Waals surface area contributed by atoms with Crippen LogP contribution in [-0.4, -0.2) is 21.6 Å². The first-order chi connectivity index (χ1) is 9.67. The Kier molecular flexibility index (Phi) is 3.26. The normalized spacial score (nSPS) is 12.8. The third-order valence-corrected chi connectivity index (χ3v) is 3.44. The quantitative estimate of drug-likeness (QED) is 0.682. The van der Waals surface area contributed by atoms with E-state index in [-0.39, 0.29) is 6.54 Å². The van der Waals surface area contributed by atoms with Gasteiger partial charge >= 0.3 is 0 Å². The highest BCUT2D eigenvalue weighted by molar-refractivity contribution is 5.80. The Morgan fingerprint density at radius 2 is 1.95 bits per heavy atom. The minimum atomic E-state index is -0.634. The molecule has 1 aromatic heterocycles. The number of H-pyrrole nitrogens is 1. The molecule has 0 bridgehead atoms. The summed E-state index contributed by atoms with van der Waals surface area (Å²) in [5.74, 6) is 0.833. The van der Waals surface area contributed by atoms with Crippen molar-refractivity contribution in [2.24, 2.45) is 5.73 Å². The van der Waals surface area contributed by atoms with Crippen molar-refractivity contribution >= 4 is 11.0 Å². The van der Waals surface area contributed by atoms with Crippen molar-refractivity contribution in [1.29, 1.82) is 0 Å². The summed E-state index contributed by atoms with van der Waals surface area (Å²) in [4.78, 5) is 7.86. The first-order valence-corrected chi connectivity index (χ1v) is 6.62. The van der Waals surface area contributed by atoms with E-state index in [0.717, 1.165) is 28.0 Å². The van der Waals surface area contributed by atoms with Crippen LogP contribution in [0.5, 0.6) is 0 Å². The Bertz CT molecular complexity index is 731. The number of nitrogens with two attached hydrogens (primary N) is 1. The van der Waals surface area contributed by atoms with Crippen LogP contribution in [0.15, 0.2) is 42.5 Å². The SMILES string of the molecule is Cc1ccc(-c2nc3ccc(C(O)CN)cc3[nH]2)cc1. The van der Waals surface area contributed by atoms with E-state index in [4.69, 9.17) is 5.73 Å². The summed E-state index contributed by atoms with van der Waals surface area (Å²) in [6, 6.07) is 13.9. The first kappa shape index (κ1) is 12.8. The number of aryl methyl sites for hydroxylation is 1.